The lowest BCUT2D eigenvalue weighted by Gasteiger charge is -2.27. The molecule has 1 atom stereocenters. The van der Waals surface area contributed by atoms with Crippen LogP contribution in [0.4, 0.5) is 5.82 Å². The number of H-pyrrole nitrogens is 1. The second-order valence-corrected chi connectivity index (χ2v) is 4.82. The number of amides is 1. The second kappa shape index (κ2) is 4.44. The number of hydrogen-bond acceptors (Lipinski definition) is 4. The van der Waals surface area contributed by atoms with Gasteiger partial charge < -0.3 is 16.2 Å². The van der Waals surface area contributed by atoms with E-state index in [9.17, 15) is 9.59 Å². The molecule has 5 N–H and O–H groups in total. The average Bonchev–Trinajstić information content (AvgIpc) is 2.58. The van der Waals surface area contributed by atoms with Crippen LogP contribution in [0.25, 0.3) is 0 Å². The van der Waals surface area contributed by atoms with Crippen molar-refractivity contribution in [3.05, 3.63) is 11.8 Å². The molecule has 0 spiro atoms. The number of hydrogen-bond donors (Lipinski definition) is 4. The van der Waals surface area contributed by atoms with Gasteiger partial charge in [-0.3, -0.25) is 9.89 Å². The number of nitrogens with two attached hydrogens (primary N) is 1. The zero-order valence-electron chi connectivity index (χ0n) is 9.94. The Kier molecular flexibility index (Phi) is 3.40. The zero-order valence-corrected chi connectivity index (χ0v) is 9.94. The van der Waals surface area contributed by atoms with Crippen molar-refractivity contribution < 1.29 is 14.7 Å². The minimum atomic E-state index is -1.08. The minimum Gasteiger partial charge on any atom is -0.480 e. The Morgan fingerprint density at radius 1 is 1.53 bits per heavy atom. The number of carbonyl (C=O) groups is 2. The third kappa shape index (κ3) is 3.20. The molecule has 0 fully saturated rings. The fourth-order valence-electron chi connectivity index (χ4n) is 1.31. The third-order valence-corrected chi connectivity index (χ3v) is 2.23. The molecule has 0 bridgehead atoms. The van der Waals surface area contributed by atoms with Gasteiger partial charge in [0.2, 0.25) is 0 Å². The Bertz CT molecular complexity index is 433. The Balaban J connectivity index is 2.82. The lowest BCUT2D eigenvalue weighted by Crippen LogP contribution is -2.49. The number of aromatic amines is 1. The van der Waals surface area contributed by atoms with E-state index < -0.39 is 23.3 Å². The lowest BCUT2D eigenvalue weighted by molar-refractivity contribution is -0.142. The zero-order chi connectivity index (χ0) is 13.2. The maximum Gasteiger partial charge on any atom is 0.326 e. The first-order chi connectivity index (χ1) is 7.71. The lowest BCUT2D eigenvalue weighted by atomic mass is 9.86. The first kappa shape index (κ1) is 13.0. The monoisotopic (exact) mass is 240 g/mol. The number of aliphatic carboxylic acids is 1. The van der Waals surface area contributed by atoms with Crippen molar-refractivity contribution in [3.8, 4) is 0 Å². The van der Waals surface area contributed by atoms with Crippen LogP contribution in [0, 0.1) is 5.41 Å². The maximum atomic E-state index is 11.7. The van der Waals surface area contributed by atoms with E-state index in [2.05, 4.69) is 15.5 Å². The van der Waals surface area contributed by atoms with Gasteiger partial charge in [0.15, 0.2) is 0 Å². The highest BCUT2D eigenvalue weighted by Crippen LogP contribution is 2.19. The largest absolute Gasteiger partial charge is 0.480 e. The van der Waals surface area contributed by atoms with E-state index in [1.54, 1.807) is 20.8 Å². The Morgan fingerprint density at radius 3 is 2.47 bits per heavy atom. The highest BCUT2D eigenvalue weighted by atomic mass is 16.4. The van der Waals surface area contributed by atoms with Crippen LogP contribution in [0.2, 0.25) is 0 Å². The molecule has 1 heterocycles. The van der Waals surface area contributed by atoms with Crippen molar-refractivity contribution in [3.63, 3.8) is 0 Å². The van der Waals surface area contributed by atoms with Crippen LogP contribution < -0.4 is 11.1 Å². The van der Waals surface area contributed by atoms with Gasteiger partial charge in [0.05, 0.1) is 0 Å². The van der Waals surface area contributed by atoms with Crippen molar-refractivity contribution in [1.29, 1.82) is 0 Å². The first-order valence-electron chi connectivity index (χ1n) is 5.06. The van der Waals surface area contributed by atoms with Gasteiger partial charge >= 0.3 is 5.97 Å². The molecular weight excluding hydrogens is 224 g/mol. The Hall–Kier alpha value is -2.05. The van der Waals surface area contributed by atoms with E-state index in [4.69, 9.17) is 10.8 Å². The summed E-state index contributed by atoms with van der Waals surface area (Å²) in [5.41, 5.74) is 4.90. The number of rotatable bonds is 3. The SMILES string of the molecule is CC(C)(C)[C@H](NC(=O)c1cc(N)n[nH]1)C(=O)O. The van der Waals surface area contributed by atoms with Gasteiger partial charge in [-0.15, -0.1) is 0 Å². The summed E-state index contributed by atoms with van der Waals surface area (Å²) in [5.74, 6) is -1.45. The Labute approximate surface area is 98.4 Å². The molecule has 1 rings (SSSR count). The number of carbonyl (C=O) groups excluding carboxylic acids is 1. The molecule has 0 saturated carbocycles. The van der Waals surface area contributed by atoms with E-state index >= 15 is 0 Å². The number of anilines is 1. The number of aromatic nitrogens is 2. The van der Waals surface area contributed by atoms with E-state index in [1.807, 2.05) is 0 Å². The molecule has 0 aliphatic heterocycles. The fraction of sp³-hybridized carbons (Fsp3) is 0.500. The topological polar surface area (TPSA) is 121 Å². The van der Waals surface area contributed by atoms with Gasteiger partial charge in [0.1, 0.15) is 17.6 Å². The molecule has 0 aliphatic carbocycles. The number of carboxylic acids is 1. The van der Waals surface area contributed by atoms with Gasteiger partial charge in [0.25, 0.3) is 5.91 Å². The van der Waals surface area contributed by atoms with E-state index in [-0.39, 0.29) is 11.5 Å². The molecule has 7 heteroatoms. The molecule has 17 heavy (non-hydrogen) atoms. The second-order valence-electron chi connectivity index (χ2n) is 4.82. The number of nitrogens with zero attached hydrogens (tertiary/aromatic N) is 1. The molecule has 1 aromatic heterocycles. The van der Waals surface area contributed by atoms with Crippen molar-refractivity contribution in [2.24, 2.45) is 5.41 Å². The van der Waals surface area contributed by atoms with Gasteiger partial charge in [0, 0.05) is 6.07 Å². The van der Waals surface area contributed by atoms with Crippen molar-refractivity contribution in [2.75, 3.05) is 5.73 Å². The maximum absolute atomic E-state index is 11.7. The molecule has 0 aromatic carbocycles. The van der Waals surface area contributed by atoms with Crippen LogP contribution in [0.15, 0.2) is 6.07 Å². The fourth-order valence-corrected chi connectivity index (χ4v) is 1.31. The standard InChI is InChI=1S/C10H16N4O3/c1-10(2,3)7(9(16)17)12-8(15)5-4-6(11)14-13-5/h4,7H,1-3H3,(H,12,15)(H,16,17)(H3,11,13,14)/t7-/m1/s1. The van der Waals surface area contributed by atoms with Crippen LogP contribution in [-0.4, -0.2) is 33.2 Å². The van der Waals surface area contributed by atoms with Gasteiger partial charge in [-0.05, 0) is 5.41 Å². The minimum absolute atomic E-state index is 0.137. The summed E-state index contributed by atoms with van der Waals surface area (Å²) in [6, 6.07) is 0.358. The first-order valence-corrected chi connectivity index (χ1v) is 5.06. The molecule has 0 unspecified atom stereocenters. The van der Waals surface area contributed by atoms with Crippen LogP contribution >= 0.6 is 0 Å². The molecule has 1 amide bonds. The molecule has 7 nitrogen and oxygen atoms in total. The van der Waals surface area contributed by atoms with E-state index in [0.717, 1.165) is 0 Å². The predicted octanol–water partition coefficient (Wildman–Crippen LogP) is 0.221. The summed E-state index contributed by atoms with van der Waals surface area (Å²) >= 11 is 0. The summed E-state index contributed by atoms with van der Waals surface area (Å²) in [6.07, 6.45) is 0. The van der Waals surface area contributed by atoms with E-state index in [1.165, 1.54) is 6.07 Å². The number of nitrogens with one attached hydrogen (secondary N) is 2. The van der Waals surface area contributed by atoms with Crippen LogP contribution in [0.1, 0.15) is 31.3 Å². The molecule has 0 radical (unpaired) electrons. The third-order valence-electron chi connectivity index (χ3n) is 2.23. The van der Waals surface area contributed by atoms with E-state index in [0.29, 0.717) is 0 Å². The number of carboxylic acid groups (broad SMARTS) is 1. The van der Waals surface area contributed by atoms with Crippen LogP contribution in [-0.2, 0) is 4.79 Å². The molecule has 94 valence electrons. The van der Waals surface area contributed by atoms with Crippen molar-refractivity contribution >= 4 is 17.7 Å². The van der Waals surface area contributed by atoms with Gasteiger partial charge in [-0.25, -0.2) is 4.79 Å². The predicted molar refractivity (Wildman–Crippen MR) is 61.3 cm³/mol. The summed E-state index contributed by atoms with van der Waals surface area (Å²) in [6.45, 7) is 5.19. The molecule has 1 aromatic rings. The van der Waals surface area contributed by atoms with Crippen LogP contribution in [0.3, 0.4) is 0 Å². The molecule has 0 saturated heterocycles. The highest BCUT2D eigenvalue weighted by molar-refractivity contribution is 5.95. The van der Waals surface area contributed by atoms with Crippen molar-refractivity contribution in [1.82, 2.24) is 15.5 Å². The highest BCUT2D eigenvalue weighted by Gasteiger charge is 2.33. The van der Waals surface area contributed by atoms with Crippen LogP contribution in [0.5, 0.6) is 0 Å². The molecular formula is C10H16N4O3. The van der Waals surface area contributed by atoms with Gasteiger partial charge in [-0.1, -0.05) is 20.8 Å². The number of nitrogen functional groups attached to an aromatic ring is 1. The summed E-state index contributed by atoms with van der Waals surface area (Å²) in [5, 5.41) is 17.5. The summed E-state index contributed by atoms with van der Waals surface area (Å²) in [4.78, 5) is 22.8. The molecule has 0 aliphatic rings. The summed E-state index contributed by atoms with van der Waals surface area (Å²) in [7, 11) is 0. The average molecular weight is 240 g/mol. The quantitative estimate of drug-likeness (QED) is 0.602. The smallest absolute Gasteiger partial charge is 0.326 e. The summed E-state index contributed by atoms with van der Waals surface area (Å²) < 4.78 is 0. The normalized spacial score (nSPS) is 13.1. The Morgan fingerprint density at radius 2 is 2.12 bits per heavy atom. The van der Waals surface area contributed by atoms with Gasteiger partial charge in [-0.2, -0.15) is 5.10 Å². The van der Waals surface area contributed by atoms with Crippen molar-refractivity contribution in [2.45, 2.75) is 26.8 Å².